The summed E-state index contributed by atoms with van der Waals surface area (Å²) in [7, 11) is 0. The number of nitrogens with zero attached hydrogens (tertiary/aromatic N) is 3. The van der Waals surface area contributed by atoms with Gasteiger partial charge in [-0.25, -0.2) is 0 Å². The minimum Gasteiger partial charge on any atom is -0.381 e. The summed E-state index contributed by atoms with van der Waals surface area (Å²) in [4.78, 5) is 21.0. The molecule has 0 bridgehead atoms. The van der Waals surface area contributed by atoms with Crippen LogP contribution < -0.4 is 16.0 Å². The van der Waals surface area contributed by atoms with E-state index in [0.29, 0.717) is 40.7 Å². The monoisotopic (exact) mass is 504 g/mol. The lowest BCUT2D eigenvalue weighted by atomic mass is 10.2. The van der Waals surface area contributed by atoms with Crippen LogP contribution in [-0.4, -0.2) is 46.7 Å². The highest BCUT2D eigenvalue weighted by Crippen LogP contribution is 2.20. The first-order chi connectivity index (χ1) is 16.5. The molecule has 1 fully saturated rings. The normalized spacial score (nSPS) is 12.9. The number of anilines is 2. The Kier molecular flexibility index (Phi) is 10.5. The maximum atomic E-state index is 12.2. The Labute approximate surface area is 210 Å². The molecule has 1 aliphatic rings. The van der Waals surface area contributed by atoms with E-state index < -0.39 is 0 Å². The number of benzene rings is 1. The van der Waals surface area contributed by atoms with E-state index in [-0.39, 0.29) is 12.5 Å². The van der Waals surface area contributed by atoms with Crippen LogP contribution >= 0.6 is 23.2 Å². The van der Waals surface area contributed by atoms with Gasteiger partial charge in [-0.3, -0.25) is 4.79 Å². The number of halogens is 2. The maximum Gasteiger partial charge on any atom is 0.239 e. The van der Waals surface area contributed by atoms with Crippen LogP contribution in [-0.2, 0) is 16.1 Å². The van der Waals surface area contributed by atoms with Gasteiger partial charge in [0.1, 0.15) is 11.6 Å². The zero-order valence-corrected chi connectivity index (χ0v) is 20.7. The highest BCUT2D eigenvalue weighted by atomic mass is 35.5. The minimum atomic E-state index is -0.183. The first-order valence-corrected chi connectivity index (χ1v) is 12.1. The summed E-state index contributed by atoms with van der Waals surface area (Å²) in [6, 6.07) is 10.8. The van der Waals surface area contributed by atoms with Gasteiger partial charge in [-0.05, 0) is 56.0 Å². The van der Waals surface area contributed by atoms with Gasteiger partial charge in [-0.15, -0.1) is 0 Å². The van der Waals surface area contributed by atoms with E-state index in [2.05, 4.69) is 25.9 Å². The van der Waals surface area contributed by atoms with Gasteiger partial charge in [0.15, 0.2) is 0 Å². The molecule has 1 aliphatic heterocycles. The second-order valence-corrected chi connectivity index (χ2v) is 8.44. The van der Waals surface area contributed by atoms with Crippen molar-refractivity contribution in [3.05, 3.63) is 64.4 Å². The number of carbonyl (C=O) groups is 1. The van der Waals surface area contributed by atoms with Gasteiger partial charge in [0.2, 0.25) is 11.9 Å². The Morgan fingerprint density at radius 1 is 1.06 bits per heavy atom. The summed E-state index contributed by atoms with van der Waals surface area (Å²) >= 11 is 12.0. The van der Waals surface area contributed by atoms with Gasteiger partial charge < -0.3 is 25.3 Å². The number of amides is 1. The van der Waals surface area contributed by atoms with E-state index in [9.17, 15) is 4.79 Å². The second-order valence-electron chi connectivity index (χ2n) is 7.59. The molecule has 0 unspecified atom stereocenters. The van der Waals surface area contributed by atoms with E-state index in [1.807, 2.05) is 36.0 Å². The molecule has 0 spiro atoms. The topological polar surface area (TPSA) is 93.1 Å². The molecule has 3 aromatic rings. The summed E-state index contributed by atoms with van der Waals surface area (Å²) in [6.07, 6.45) is 7.72. The lowest BCUT2D eigenvalue weighted by Crippen LogP contribution is -2.29. The van der Waals surface area contributed by atoms with Crippen molar-refractivity contribution < 1.29 is 9.53 Å². The maximum absolute atomic E-state index is 12.2. The SMILES string of the molecule is C1CCOCC1.CCNc1nc(NCC(=O)NCc2ccc(Cl)cc2Cl)cc(-n2cccc2)n1. The van der Waals surface area contributed by atoms with Crippen molar-refractivity contribution in [3.8, 4) is 5.82 Å². The van der Waals surface area contributed by atoms with Crippen LogP contribution in [0.2, 0.25) is 10.0 Å². The van der Waals surface area contributed by atoms with Gasteiger partial charge in [0, 0.05) is 54.8 Å². The lowest BCUT2D eigenvalue weighted by Gasteiger charge is -2.12. The predicted octanol–water partition coefficient (Wildman–Crippen LogP) is 4.92. The molecule has 0 saturated carbocycles. The third-order valence-electron chi connectivity index (χ3n) is 4.92. The fraction of sp³-hybridized carbons (Fsp3) is 0.375. The Bertz CT molecular complexity index is 1030. The molecular weight excluding hydrogens is 475 g/mol. The first-order valence-electron chi connectivity index (χ1n) is 11.3. The van der Waals surface area contributed by atoms with E-state index in [4.69, 9.17) is 27.9 Å². The van der Waals surface area contributed by atoms with E-state index >= 15 is 0 Å². The number of aromatic nitrogens is 3. The molecule has 8 nitrogen and oxygen atoms in total. The van der Waals surface area contributed by atoms with Crippen LogP contribution in [0.5, 0.6) is 0 Å². The van der Waals surface area contributed by atoms with Gasteiger partial charge in [-0.1, -0.05) is 29.3 Å². The Morgan fingerprint density at radius 2 is 1.82 bits per heavy atom. The van der Waals surface area contributed by atoms with Crippen LogP contribution in [0.15, 0.2) is 48.8 Å². The van der Waals surface area contributed by atoms with Crippen molar-refractivity contribution in [2.24, 2.45) is 0 Å². The largest absolute Gasteiger partial charge is 0.381 e. The highest BCUT2D eigenvalue weighted by Gasteiger charge is 2.08. The van der Waals surface area contributed by atoms with Crippen LogP contribution in [0.25, 0.3) is 5.82 Å². The third kappa shape index (κ3) is 8.52. The summed E-state index contributed by atoms with van der Waals surface area (Å²) < 4.78 is 6.94. The van der Waals surface area contributed by atoms with Gasteiger partial charge >= 0.3 is 0 Å². The highest BCUT2D eigenvalue weighted by molar-refractivity contribution is 6.35. The van der Waals surface area contributed by atoms with E-state index in [1.165, 1.54) is 19.3 Å². The number of nitrogens with one attached hydrogen (secondary N) is 3. The summed E-state index contributed by atoms with van der Waals surface area (Å²) in [5.41, 5.74) is 0.797. The van der Waals surface area contributed by atoms with E-state index in [0.717, 1.165) is 18.8 Å². The molecule has 10 heteroatoms. The zero-order valence-electron chi connectivity index (χ0n) is 19.2. The Morgan fingerprint density at radius 3 is 2.44 bits per heavy atom. The third-order valence-corrected chi connectivity index (χ3v) is 5.50. The van der Waals surface area contributed by atoms with Crippen molar-refractivity contribution in [1.29, 1.82) is 0 Å². The summed E-state index contributed by atoms with van der Waals surface area (Å²) in [5.74, 6) is 1.56. The molecule has 3 heterocycles. The molecule has 4 rings (SSSR count). The van der Waals surface area contributed by atoms with Gasteiger partial charge in [0.05, 0.1) is 6.54 Å². The molecule has 0 atom stereocenters. The standard InChI is InChI=1S/C19H20Cl2N6O.C5H10O/c1-2-22-19-25-16(10-17(26-19)27-7-3-4-8-27)23-12-18(28)24-11-13-5-6-14(20)9-15(13)21;1-2-4-6-5-3-1/h3-10H,2,11-12H2,1H3,(H,24,28)(H2,22,23,25,26);1-5H2. The number of ether oxygens (including phenoxy) is 1. The molecule has 34 heavy (non-hydrogen) atoms. The lowest BCUT2D eigenvalue weighted by molar-refractivity contribution is -0.119. The van der Waals surface area contributed by atoms with Crippen LogP contribution in [0.1, 0.15) is 31.7 Å². The van der Waals surface area contributed by atoms with Crippen LogP contribution in [0.3, 0.4) is 0 Å². The average molecular weight is 505 g/mol. The summed E-state index contributed by atoms with van der Waals surface area (Å²) in [6.45, 7) is 5.04. The van der Waals surface area contributed by atoms with E-state index in [1.54, 1.807) is 24.3 Å². The van der Waals surface area contributed by atoms with Gasteiger partial charge in [0.25, 0.3) is 0 Å². The molecule has 0 radical (unpaired) electrons. The number of rotatable bonds is 8. The predicted molar refractivity (Wildman–Crippen MR) is 137 cm³/mol. The molecule has 3 N–H and O–H groups in total. The first kappa shape index (κ1) is 25.8. The number of carbonyl (C=O) groups excluding carboxylic acids is 1. The smallest absolute Gasteiger partial charge is 0.239 e. The summed E-state index contributed by atoms with van der Waals surface area (Å²) in [5, 5.41) is 10.0. The van der Waals surface area contributed by atoms with Gasteiger partial charge in [-0.2, -0.15) is 9.97 Å². The molecular formula is C24H30Cl2N6O2. The number of hydrogen-bond acceptors (Lipinski definition) is 6. The minimum absolute atomic E-state index is 0.0684. The second kappa shape index (κ2) is 13.8. The van der Waals surface area contributed by atoms with Crippen molar-refractivity contribution in [3.63, 3.8) is 0 Å². The Balaban J connectivity index is 0.000000469. The molecule has 182 valence electrons. The fourth-order valence-electron chi connectivity index (χ4n) is 3.16. The fourth-order valence-corrected chi connectivity index (χ4v) is 3.64. The van der Waals surface area contributed by atoms with Crippen LogP contribution in [0, 0.1) is 0 Å². The van der Waals surface area contributed by atoms with Crippen molar-refractivity contribution in [2.45, 2.75) is 32.7 Å². The Hall–Kier alpha value is -2.81. The average Bonchev–Trinajstić information content (AvgIpc) is 3.39. The molecule has 0 aliphatic carbocycles. The zero-order chi connectivity index (χ0) is 24.2. The van der Waals surface area contributed by atoms with Crippen molar-refractivity contribution >= 4 is 40.9 Å². The molecule has 2 aromatic heterocycles. The van der Waals surface area contributed by atoms with Crippen molar-refractivity contribution in [2.75, 3.05) is 36.9 Å². The molecule has 1 aromatic carbocycles. The molecule has 1 amide bonds. The molecule has 1 saturated heterocycles. The quantitative estimate of drug-likeness (QED) is 0.403. The number of hydrogen-bond donors (Lipinski definition) is 3. The van der Waals surface area contributed by atoms with Crippen LogP contribution in [0.4, 0.5) is 11.8 Å². The van der Waals surface area contributed by atoms with Crippen molar-refractivity contribution in [1.82, 2.24) is 19.9 Å².